The summed E-state index contributed by atoms with van der Waals surface area (Å²) in [6, 6.07) is 1.89. The molecule has 0 unspecified atom stereocenters. The molecular weight excluding hydrogens is 282 g/mol. The van der Waals surface area contributed by atoms with Crippen LogP contribution >= 0.6 is 0 Å². The predicted octanol–water partition coefficient (Wildman–Crippen LogP) is -1.12. The Hall–Kier alpha value is -2.75. The fourth-order valence-corrected chi connectivity index (χ4v) is 1.55. The van der Waals surface area contributed by atoms with Gasteiger partial charge in [0.2, 0.25) is 11.7 Å². The van der Waals surface area contributed by atoms with Crippen molar-refractivity contribution < 1.29 is 24.2 Å². The summed E-state index contributed by atoms with van der Waals surface area (Å²) in [5.74, 6) is -1.39. The summed E-state index contributed by atoms with van der Waals surface area (Å²) >= 11 is 0. The van der Waals surface area contributed by atoms with Crippen molar-refractivity contribution in [2.45, 2.75) is 25.6 Å². The van der Waals surface area contributed by atoms with Crippen LogP contribution < -0.4 is 5.32 Å². The highest BCUT2D eigenvalue weighted by atomic mass is 16.4. The minimum Gasteiger partial charge on any atom is -0.480 e. The Morgan fingerprint density at radius 3 is 2.86 bits per heavy atom. The Balaban J connectivity index is 1.98. The van der Waals surface area contributed by atoms with E-state index in [1.165, 1.54) is 13.2 Å². The quantitative estimate of drug-likeness (QED) is 0.608. The van der Waals surface area contributed by atoms with Crippen LogP contribution in [0.5, 0.6) is 0 Å². The van der Waals surface area contributed by atoms with Crippen molar-refractivity contribution in [1.82, 2.24) is 25.5 Å². The number of aliphatic hydroxyl groups is 1. The number of carbonyl (C=O) groups is 2. The number of rotatable bonds is 6. The van der Waals surface area contributed by atoms with Crippen molar-refractivity contribution in [3.8, 4) is 11.6 Å². The molecule has 2 rings (SSSR count). The van der Waals surface area contributed by atoms with E-state index in [1.807, 2.05) is 0 Å². The Morgan fingerprint density at radius 2 is 2.29 bits per heavy atom. The third-order valence-corrected chi connectivity index (χ3v) is 2.54. The van der Waals surface area contributed by atoms with Crippen LogP contribution in [0.1, 0.15) is 6.92 Å². The van der Waals surface area contributed by atoms with Gasteiger partial charge in [0.15, 0.2) is 11.8 Å². The summed E-state index contributed by atoms with van der Waals surface area (Å²) in [6.07, 6.45) is 0.219. The number of aliphatic carboxylic acids is 1. The number of hydrogen-bond acceptors (Lipinski definition) is 7. The minimum absolute atomic E-state index is 0.207. The molecule has 2 atom stereocenters. The Labute approximate surface area is 118 Å². The van der Waals surface area contributed by atoms with Gasteiger partial charge in [-0.25, -0.2) is 4.79 Å². The van der Waals surface area contributed by atoms with E-state index in [4.69, 9.17) is 9.52 Å². The lowest BCUT2D eigenvalue weighted by atomic mass is 10.2. The fourth-order valence-electron chi connectivity index (χ4n) is 1.55. The summed E-state index contributed by atoms with van der Waals surface area (Å²) in [4.78, 5) is 23.5. The minimum atomic E-state index is -1.40. The van der Waals surface area contributed by atoms with Gasteiger partial charge in [-0.3, -0.25) is 4.79 Å². The van der Waals surface area contributed by atoms with Gasteiger partial charge in [-0.05, 0) is 24.3 Å². The molecule has 0 saturated heterocycles. The number of nitrogens with one attached hydrogen (secondary N) is 1. The van der Waals surface area contributed by atoms with Gasteiger partial charge in [0.05, 0.1) is 12.4 Å². The summed E-state index contributed by atoms with van der Waals surface area (Å²) in [5, 5.41) is 31.6. The molecule has 21 heavy (non-hydrogen) atoms. The van der Waals surface area contributed by atoms with Gasteiger partial charge in [-0.2, -0.15) is 4.80 Å². The summed E-state index contributed by atoms with van der Waals surface area (Å²) in [7, 11) is 0. The zero-order valence-electron chi connectivity index (χ0n) is 11.0. The number of carbonyl (C=O) groups excluding carboxylic acids is 1. The summed E-state index contributed by atoms with van der Waals surface area (Å²) in [5.41, 5.74) is 0. The van der Waals surface area contributed by atoms with E-state index in [2.05, 4.69) is 20.7 Å². The number of carboxylic acid groups (broad SMARTS) is 1. The van der Waals surface area contributed by atoms with Crippen LogP contribution in [0.4, 0.5) is 0 Å². The molecule has 0 fully saturated rings. The molecule has 0 aliphatic rings. The van der Waals surface area contributed by atoms with Crippen LogP contribution in [0.15, 0.2) is 22.8 Å². The molecule has 0 radical (unpaired) electrons. The Bertz CT molecular complexity index is 621. The molecule has 10 nitrogen and oxygen atoms in total. The maximum Gasteiger partial charge on any atom is 0.328 e. The van der Waals surface area contributed by atoms with Crippen molar-refractivity contribution >= 4 is 11.9 Å². The zero-order chi connectivity index (χ0) is 15.4. The molecule has 2 heterocycles. The SMILES string of the molecule is C[C@@H](O)[C@H](NC(=O)Cn1nnc(-c2ccco2)n1)C(=O)O. The lowest BCUT2D eigenvalue weighted by Crippen LogP contribution is -2.48. The maximum atomic E-state index is 11.7. The number of aromatic nitrogens is 4. The van der Waals surface area contributed by atoms with Gasteiger partial charge >= 0.3 is 5.97 Å². The van der Waals surface area contributed by atoms with Crippen LogP contribution in [-0.2, 0) is 16.1 Å². The first kappa shape index (κ1) is 14.7. The first-order chi connectivity index (χ1) is 9.97. The molecule has 0 spiro atoms. The van der Waals surface area contributed by atoms with E-state index in [9.17, 15) is 14.7 Å². The van der Waals surface area contributed by atoms with Crippen molar-refractivity contribution in [3.05, 3.63) is 18.4 Å². The van der Waals surface area contributed by atoms with Crippen molar-refractivity contribution in [2.24, 2.45) is 0 Å². The zero-order valence-corrected chi connectivity index (χ0v) is 11.0. The van der Waals surface area contributed by atoms with E-state index in [0.29, 0.717) is 5.76 Å². The number of aliphatic hydroxyl groups excluding tert-OH is 1. The molecule has 0 aliphatic heterocycles. The average Bonchev–Trinajstić information content (AvgIpc) is 3.05. The second-order valence-electron chi connectivity index (χ2n) is 4.24. The molecule has 0 aromatic carbocycles. The van der Waals surface area contributed by atoms with E-state index in [0.717, 1.165) is 4.80 Å². The molecule has 0 saturated carbocycles. The van der Waals surface area contributed by atoms with E-state index >= 15 is 0 Å². The summed E-state index contributed by atoms with van der Waals surface area (Å²) < 4.78 is 5.08. The third-order valence-electron chi connectivity index (χ3n) is 2.54. The lowest BCUT2D eigenvalue weighted by molar-refractivity contribution is -0.144. The second-order valence-corrected chi connectivity index (χ2v) is 4.24. The van der Waals surface area contributed by atoms with Crippen molar-refractivity contribution in [2.75, 3.05) is 0 Å². The molecule has 10 heteroatoms. The van der Waals surface area contributed by atoms with Gasteiger partial charge in [0.1, 0.15) is 6.54 Å². The predicted molar refractivity (Wildman–Crippen MR) is 66.8 cm³/mol. The monoisotopic (exact) mass is 295 g/mol. The van der Waals surface area contributed by atoms with Crippen molar-refractivity contribution in [1.29, 1.82) is 0 Å². The van der Waals surface area contributed by atoms with E-state index in [-0.39, 0.29) is 12.4 Å². The standard InChI is InChI=1S/C11H13N5O5/c1-6(17)9(11(19)20)12-8(18)5-16-14-10(13-15-16)7-3-2-4-21-7/h2-4,6,9,17H,5H2,1H3,(H,12,18)(H,19,20)/t6-,9+/m1/s1. The first-order valence-electron chi connectivity index (χ1n) is 5.99. The molecule has 112 valence electrons. The highest BCUT2D eigenvalue weighted by molar-refractivity contribution is 5.83. The van der Waals surface area contributed by atoms with Crippen molar-refractivity contribution in [3.63, 3.8) is 0 Å². The number of furan rings is 1. The molecule has 0 bridgehead atoms. The van der Waals surface area contributed by atoms with Crippen LogP contribution in [-0.4, -0.2) is 54.4 Å². The number of nitrogens with zero attached hydrogens (tertiary/aromatic N) is 4. The van der Waals surface area contributed by atoms with Crippen LogP contribution in [0.2, 0.25) is 0 Å². The van der Waals surface area contributed by atoms with Crippen LogP contribution in [0.3, 0.4) is 0 Å². The first-order valence-corrected chi connectivity index (χ1v) is 5.99. The second kappa shape index (κ2) is 6.13. The molecule has 1 amide bonds. The lowest BCUT2D eigenvalue weighted by Gasteiger charge is -2.16. The van der Waals surface area contributed by atoms with Crippen LogP contribution in [0.25, 0.3) is 11.6 Å². The smallest absolute Gasteiger partial charge is 0.328 e. The highest BCUT2D eigenvalue weighted by Crippen LogP contribution is 2.12. The van der Waals surface area contributed by atoms with Gasteiger partial charge < -0.3 is 19.9 Å². The van der Waals surface area contributed by atoms with Gasteiger partial charge in [0.25, 0.3) is 0 Å². The summed E-state index contributed by atoms with van der Waals surface area (Å²) in [6.45, 7) is 0.937. The number of carboxylic acids is 1. The molecule has 0 aliphatic carbocycles. The number of tetrazole rings is 1. The van der Waals surface area contributed by atoms with Gasteiger partial charge in [0, 0.05) is 0 Å². The molecule has 3 N–H and O–H groups in total. The topological polar surface area (TPSA) is 143 Å². The Morgan fingerprint density at radius 1 is 1.52 bits per heavy atom. The average molecular weight is 295 g/mol. The highest BCUT2D eigenvalue weighted by Gasteiger charge is 2.25. The van der Waals surface area contributed by atoms with Gasteiger partial charge in [-0.15, -0.1) is 10.2 Å². The number of amides is 1. The van der Waals surface area contributed by atoms with E-state index in [1.54, 1.807) is 12.1 Å². The molecular formula is C11H13N5O5. The third kappa shape index (κ3) is 3.63. The molecule has 2 aromatic rings. The number of hydrogen-bond donors (Lipinski definition) is 3. The maximum absolute atomic E-state index is 11.7. The van der Waals surface area contributed by atoms with Crippen LogP contribution in [0, 0.1) is 0 Å². The largest absolute Gasteiger partial charge is 0.480 e. The molecule has 2 aromatic heterocycles. The Kier molecular flexibility index (Phi) is 4.28. The fraction of sp³-hybridized carbons (Fsp3) is 0.364. The van der Waals surface area contributed by atoms with Gasteiger partial charge in [-0.1, -0.05) is 0 Å². The normalized spacial score (nSPS) is 13.6. The van der Waals surface area contributed by atoms with E-state index < -0.39 is 24.0 Å².